The van der Waals surface area contributed by atoms with E-state index in [1.165, 1.54) is 18.9 Å². The Morgan fingerprint density at radius 1 is 0.857 bits per heavy atom. The number of thioether (sulfide) groups is 1. The summed E-state index contributed by atoms with van der Waals surface area (Å²) in [4.78, 5) is 26.2. The number of hydrogen-bond acceptors (Lipinski definition) is 5. The molecule has 0 saturated carbocycles. The van der Waals surface area contributed by atoms with Gasteiger partial charge in [-0.15, -0.1) is 11.8 Å². The fraction of sp³-hybridized carbons (Fsp3) is 0.130. The molecule has 142 valence electrons. The van der Waals surface area contributed by atoms with E-state index in [0.717, 1.165) is 10.5 Å². The van der Waals surface area contributed by atoms with Gasteiger partial charge in [-0.3, -0.25) is 9.59 Å². The molecule has 0 heterocycles. The number of para-hydroxylation sites is 1. The minimum absolute atomic E-state index is 0.303. The number of Topliss-reactive ketones (excluding diaryl/α,β-unsaturated/α-hetero) is 1. The molecule has 1 unspecified atom stereocenters. The molecule has 3 rings (SSSR count). The van der Waals surface area contributed by atoms with Crippen molar-refractivity contribution in [1.29, 1.82) is 0 Å². The van der Waals surface area contributed by atoms with Gasteiger partial charge in [0.15, 0.2) is 6.61 Å². The SMILES string of the molecule is COc1ccccc1C(=O)COC(=O)C(Sc1ccccc1)c1ccccc1. The molecule has 5 heteroatoms. The Morgan fingerprint density at radius 2 is 1.46 bits per heavy atom. The molecule has 28 heavy (non-hydrogen) atoms. The summed E-state index contributed by atoms with van der Waals surface area (Å²) < 4.78 is 10.6. The van der Waals surface area contributed by atoms with Crippen molar-refractivity contribution in [3.05, 3.63) is 96.1 Å². The smallest absolute Gasteiger partial charge is 0.324 e. The van der Waals surface area contributed by atoms with Gasteiger partial charge in [-0.05, 0) is 29.8 Å². The Bertz CT molecular complexity index is 926. The third-order valence-corrected chi connectivity index (χ3v) is 5.31. The summed E-state index contributed by atoms with van der Waals surface area (Å²) in [6.45, 7) is -0.335. The first kappa shape index (κ1) is 19.7. The van der Waals surface area contributed by atoms with Crippen molar-refractivity contribution in [2.45, 2.75) is 10.1 Å². The van der Waals surface area contributed by atoms with Gasteiger partial charge in [0.25, 0.3) is 0 Å². The quantitative estimate of drug-likeness (QED) is 0.308. The lowest BCUT2D eigenvalue weighted by atomic mass is 10.1. The summed E-state index contributed by atoms with van der Waals surface area (Å²) in [6.07, 6.45) is 0. The number of ketones is 1. The van der Waals surface area contributed by atoms with Gasteiger partial charge in [0.2, 0.25) is 5.78 Å². The number of benzene rings is 3. The number of rotatable bonds is 8. The highest BCUT2D eigenvalue weighted by Gasteiger charge is 2.25. The van der Waals surface area contributed by atoms with Crippen molar-refractivity contribution in [2.24, 2.45) is 0 Å². The predicted molar refractivity (Wildman–Crippen MR) is 110 cm³/mol. The molecule has 0 bridgehead atoms. The lowest BCUT2D eigenvalue weighted by Crippen LogP contribution is -2.19. The molecule has 0 aromatic heterocycles. The molecule has 0 N–H and O–H groups in total. The molecule has 0 aliphatic rings. The predicted octanol–water partition coefficient (Wildman–Crippen LogP) is 4.95. The molecule has 0 radical (unpaired) electrons. The lowest BCUT2D eigenvalue weighted by Gasteiger charge is -2.16. The first-order chi connectivity index (χ1) is 13.7. The van der Waals surface area contributed by atoms with Crippen LogP contribution in [0, 0.1) is 0 Å². The first-order valence-electron chi connectivity index (χ1n) is 8.78. The Balaban J connectivity index is 1.73. The number of carbonyl (C=O) groups excluding carboxylic acids is 2. The summed E-state index contributed by atoms with van der Waals surface area (Å²) >= 11 is 1.39. The standard InChI is InChI=1S/C23H20O4S/c1-26-21-15-9-8-14-19(21)20(24)16-27-23(25)22(17-10-4-2-5-11-17)28-18-12-6-3-7-13-18/h2-15,22H,16H2,1H3. The number of ether oxygens (including phenoxy) is 2. The Morgan fingerprint density at radius 3 is 2.14 bits per heavy atom. The summed E-state index contributed by atoms with van der Waals surface area (Å²) in [7, 11) is 1.50. The summed E-state index contributed by atoms with van der Waals surface area (Å²) in [5.41, 5.74) is 1.22. The van der Waals surface area contributed by atoms with Crippen LogP contribution in [0.1, 0.15) is 21.2 Å². The Hall–Kier alpha value is -3.05. The van der Waals surface area contributed by atoms with Gasteiger partial charge in [0, 0.05) is 4.90 Å². The molecular weight excluding hydrogens is 372 g/mol. The third-order valence-electron chi connectivity index (χ3n) is 4.07. The van der Waals surface area contributed by atoms with E-state index < -0.39 is 11.2 Å². The van der Waals surface area contributed by atoms with E-state index in [-0.39, 0.29) is 12.4 Å². The number of hydrogen-bond donors (Lipinski definition) is 0. The van der Waals surface area contributed by atoms with Gasteiger partial charge < -0.3 is 9.47 Å². The van der Waals surface area contributed by atoms with Crippen LogP contribution in [-0.4, -0.2) is 25.5 Å². The first-order valence-corrected chi connectivity index (χ1v) is 9.66. The Kier molecular flexibility index (Phi) is 6.87. The molecule has 3 aromatic carbocycles. The van der Waals surface area contributed by atoms with Crippen LogP contribution in [0.25, 0.3) is 0 Å². The molecule has 3 aromatic rings. The van der Waals surface area contributed by atoms with Crippen molar-refractivity contribution in [1.82, 2.24) is 0 Å². The second-order valence-electron chi connectivity index (χ2n) is 5.95. The molecule has 0 aliphatic carbocycles. The van der Waals surface area contributed by atoms with Gasteiger partial charge in [-0.1, -0.05) is 60.7 Å². The van der Waals surface area contributed by atoms with Crippen LogP contribution in [0.3, 0.4) is 0 Å². The number of methoxy groups -OCH3 is 1. The normalized spacial score (nSPS) is 11.5. The number of carbonyl (C=O) groups is 2. The molecule has 0 spiro atoms. The van der Waals surface area contributed by atoms with Crippen molar-refractivity contribution < 1.29 is 19.1 Å². The van der Waals surface area contributed by atoms with Gasteiger partial charge in [0.05, 0.1) is 12.7 Å². The molecular formula is C23H20O4S. The third kappa shape index (κ3) is 5.02. The maximum atomic E-state index is 12.8. The van der Waals surface area contributed by atoms with Crippen LogP contribution in [0.4, 0.5) is 0 Å². The van der Waals surface area contributed by atoms with Crippen molar-refractivity contribution in [2.75, 3.05) is 13.7 Å². The van der Waals surface area contributed by atoms with Crippen molar-refractivity contribution in [3.63, 3.8) is 0 Å². The van der Waals surface area contributed by atoms with E-state index in [1.54, 1.807) is 24.3 Å². The molecule has 1 atom stereocenters. The zero-order chi connectivity index (χ0) is 19.8. The monoisotopic (exact) mass is 392 g/mol. The van der Waals surface area contributed by atoms with Gasteiger partial charge in [-0.2, -0.15) is 0 Å². The second-order valence-corrected chi connectivity index (χ2v) is 7.13. The Labute approximate surface area is 168 Å². The zero-order valence-corrected chi connectivity index (χ0v) is 16.2. The maximum Gasteiger partial charge on any atom is 0.324 e. The average Bonchev–Trinajstić information content (AvgIpc) is 2.76. The summed E-state index contributed by atoms with van der Waals surface area (Å²) in [5, 5.41) is -0.561. The number of esters is 1. The molecule has 0 amide bonds. The highest BCUT2D eigenvalue weighted by Crippen LogP contribution is 2.36. The van der Waals surface area contributed by atoms with Crippen molar-refractivity contribution >= 4 is 23.5 Å². The van der Waals surface area contributed by atoms with Crippen LogP contribution < -0.4 is 4.74 Å². The maximum absolute atomic E-state index is 12.8. The van der Waals surface area contributed by atoms with Gasteiger partial charge in [-0.25, -0.2) is 0 Å². The molecule has 0 aliphatic heterocycles. The van der Waals surface area contributed by atoms with Crippen LogP contribution >= 0.6 is 11.8 Å². The molecule has 0 fully saturated rings. The van der Waals surface area contributed by atoms with E-state index in [0.29, 0.717) is 11.3 Å². The minimum atomic E-state index is -0.561. The van der Waals surface area contributed by atoms with Crippen molar-refractivity contribution in [3.8, 4) is 5.75 Å². The topological polar surface area (TPSA) is 52.6 Å². The van der Waals surface area contributed by atoms with Crippen LogP contribution in [-0.2, 0) is 9.53 Å². The summed E-state index contributed by atoms with van der Waals surface area (Å²) in [6, 6.07) is 25.9. The van der Waals surface area contributed by atoms with E-state index >= 15 is 0 Å². The van der Waals surface area contributed by atoms with E-state index in [4.69, 9.17) is 9.47 Å². The van der Waals surface area contributed by atoms with Crippen LogP contribution in [0.5, 0.6) is 5.75 Å². The fourth-order valence-electron chi connectivity index (χ4n) is 2.68. The highest BCUT2D eigenvalue weighted by atomic mass is 32.2. The van der Waals surface area contributed by atoms with E-state index in [2.05, 4.69) is 0 Å². The fourth-order valence-corrected chi connectivity index (χ4v) is 3.72. The van der Waals surface area contributed by atoms with Crippen LogP contribution in [0.2, 0.25) is 0 Å². The molecule has 0 saturated heterocycles. The lowest BCUT2D eigenvalue weighted by molar-refractivity contribution is -0.142. The van der Waals surface area contributed by atoms with E-state index in [1.807, 2.05) is 60.7 Å². The zero-order valence-electron chi connectivity index (χ0n) is 15.4. The van der Waals surface area contributed by atoms with Gasteiger partial charge in [0.1, 0.15) is 11.0 Å². The average molecular weight is 392 g/mol. The highest BCUT2D eigenvalue weighted by molar-refractivity contribution is 8.00. The largest absolute Gasteiger partial charge is 0.496 e. The van der Waals surface area contributed by atoms with Crippen LogP contribution in [0.15, 0.2) is 89.8 Å². The second kappa shape index (κ2) is 9.76. The van der Waals surface area contributed by atoms with E-state index in [9.17, 15) is 9.59 Å². The minimum Gasteiger partial charge on any atom is -0.496 e. The summed E-state index contributed by atoms with van der Waals surface area (Å²) in [5.74, 6) is -0.299. The van der Waals surface area contributed by atoms with Gasteiger partial charge >= 0.3 is 5.97 Å². The molecule has 4 nitrogen and oxygen atoms in total.